The molecule has 0 unspecified atom stereocenters. The number of hydrogen-bond donors (Lipinski definition) is 2. The smallest absolute Gasteiger partial charge is 0.228 e. The fourth-order valence-electron chi connectivity index (χ4n) is 2.21. The Hall–Kier alpha value is -1.98. The molecular formula is C16H15ClFN3O. The van der Waals surface area contributed by atoms with Crippen LogP contribution in [0.25, 0.3) is 11.1 Å². The Bertz CT molecular complexity index is 731. The van der Waals surface area contributed by atoms with E-state index in [1.807, 2.05) is 0 Å². The van der Waals surface area contributed by atoms with Crippen molar-refractivity contribution in [1.82, 2.24) is 4.98 Å². The third-order valence-electron chi connectivity index (χ3n) is 3.65. The van der Waals surface area contributed by atoms with Crippen LogP contribution in [0, 0.1) is 11.7 Å². The molecule has 6 heteroatoms. The Morgan fingerprint density at radius 3 is 2.86 bits per heavy atom. The van der Waals surface area contributed by atoms with Crippen molar-refractivity contribution in [2.24, 2.45) is 11.7 Å². The van der Waals surface area contributed by atoms with E-state index in [-0.39, 0.29) is 23.4 Å². The average Bonchev–Trinajstić information content (AvgIpc) is 3.35. The Labute approximate surface area is 132 Å². The van der Waals surface area contributed by atoms with Crippen LogP contribution in [0.5, 0.6) is 0 Å². The summed E-state index contributed by atoms with van der Waals surface area (Å²) in [6.07, 6.45) is 3.36. The second kappa shape index (κ2) is 6.02. The summed E-state index contributed by atoms with van der Waals surface area (Å²) in [5, 5.41) is 2.77. The van der Waals surface area contributed by atoms with Gasteiger partial charge in [-0.15, -0.1) is 0 Å². The molecule has 1 fully saturated rings. The number of hydrogen-bond acceptors (Lipinski definition) is 3. The SMILES string of the molecule is NCc1ccc(-c2ccnc(NC(=O)C3CC3)c2)c(F)c1Cl. The lowest BCUT2D eigenvalue weighted by molar-refractivity contribution is -0.117. The van der Waals surface area contributed by atoms with E-state index in [0.717, 1.165) is 12.8 Å². The van der Waals surface area contributed by atoms with Crippen LogP contribution in [0.2, 0.25) is 5.02 Å². The van der Waals surface area contributed by atoms with E-state index in [2.05, 4.69) is 10.3 Å². The molecule has 114 valence electrons. The highest BCUT2D eigenvalue weighted by Crippen LogP contribution is 2.32. The number of pyridine rings is 1. The number of rotatable bonds is 4. The van der Waals surface area contributed by atoms with Crippen molar-refractivity contribution in [1.29, 1.82) is 0 Å². The summed E-state index contributed by atoms with van der Waals surface area (Å²) in [7, 11) is 0. The maximum Gasteiger partial charge on any atom is 0.228 e. The Morgan fingerprint density at radius 2 is 2.18 bits per heavy atom. The Balaban J connectivity index is 1.91. The van der Waals surface area contributed by atoms with Crippen molar-refractivity contribution in [3.05, 3.63) is 46.9 Å². The number of nitrogens with two attached hydrogens (primary N) is 1. The predicted molar refractivity (Wildman–Crippen MR) is 83.9 cm³/mol. The van der Waals surface area contributed by atoms with Gasteiger partial charge in [-0.25, -0.2) is 9.37 Å². The van der Waals surface area contributed by atoms with Gasteiger partial charge in [0, 0.05) is 24.2 Å². The molecule has 2 aromatic rings. The number of anilines is 1. The van der Waals surface area contributed by atoms with E-state index in [0.29, 0.717) is 22.5 Å². The van der Waals surface area contributed by atoms with Crippen LogP contribution in [-0.2, 0) is 11.3 Å². The van der Waals surface area contributed by atoms with Gasteiger partial charge in [0.1, 0.15) is 11.6 Å². The summed E-state index contributed by atoms with van der Waals surface area (Å²) in [6, 6.07) is 6.63. The second-order valence-electron chi connectivity index (χ2n) is 5.30. The minimum absolute atomic E-state index is 0.0281. The fourth-order valence-corrected chi connectivity index (χ4v) is 2.45. The minimum Gasteiger partial charge on any atom is -0.326 e. The molecule has 0 saturated heterocycles. The van der Waals surface area contributed by atoms with E-state index in [4.69, 9.17) is 17.3 Å². The van der Waals surface area contributed by atoms with Crippen LogP contribution in [-0.4, -0.2) is 10.9 Å². The first-order valence-electron chi connectivity index (χ1n) is 7.04. The molecule has 1 aliphatic rings. The van der Waals surface area contributed by atoms with Crippen molar-refractivity contribution in [3.63, 3.8) is 0 Å². The second-order valence-corrected chi connectivity index (χ2v) is 5.68. The monoisotopic (exact) mass is 319 g/mol. The lowest BCUT2D eigenvalue weighted by atomic mass is 10.0. The molecule has 22 heavy (non-hydrogen) atoms. The maximum atomic E-state index is 14.4. The third-order valence-corrected chi connectivity index (χ3v) is 4.06. The number of nitrogens with zero attached hydrogens (tertiary/aromatic N) is 1. The van der Waals surface area contributed by atoms with Gasteiger partial charge < -0.3 is 11.1 Å². The largest absolute Gasteiger partial charge is 0.326 e. The highest BCUT2D eigenvalue weighted by atomic mass is 35.5. The summed E-state index contributed by atoms with van der Waals surface area (Å²) < 4.78 is 14.4. The summed E-state index contributed by atoms with van der Waals surface area (Å²) in [4.78, 5) is 15.9. The van der Waals surface area contributed by atoms with Crippen LogP contribution >= 0.6 is 11.6 Å². The molecule has 1 heterocycles. The topological polar surface area (TPSA) is 68.0 Å². The van der Waals surface area contributed by atoms with E-state index >= 15 is 0 Å². The molecule has 1 aromatic heterocycles. The van der Waals surface area contributed by atoms with Crippen molar-refractivity contribution < 1.29 is 9.18 Å². The molecule has 1 aromatic carbocycles. The van der Waals surface area contributed by atoms with Crippen LogP contribution in [0.3, 0.4) is 0 Å². The first-order valence-corrected chi connectivity index (χ1v) is 7.42. The highest BCUT2D eigenvalue weighted by Gasteiger charge is 2.29. The number of amides is 1. The molecule has 1 amide bonds. The maximum absolute atomic E-state index is 14.4. The normalized spacial score (nSPS) is 14.0. The number of benzene rings is 1. The van der Waals surface area contributed by atoms with E-state index in [9.17, 15) is 9.18 Å². The Morgan fingerprint density at radius 1 is 1.41 bits per heavy atom. The van der Waals surface area contributed by atoms with Gasteiger partial charge in [0.15, 0.2) is 0 Å². The lowest BCUT2D eigenvalue weighted by Gasteiger charge is -2.10. The molecule has 1 aliphatic carbocycles. The van der Waals surface area contributed by atoms with Crippen molar-refractivity contribution >= 4 is 23.3 Å². The van der Waals surface area contributed by atoms with Crippen molar-refractivity contribution in [2.75, 3.05) is 5.32 Å². The summed E-state index contributed by atoms with van der Waals surface area (Å²) in [5.41, 5.74) is 7.02. The summed E-state index contributed by atoms with van der Waals surface area (Å²) >= 11 is 5.98. The molecule has 1 saturated carbocycles. The van der Waals surface area contributed by atoms with E-state index in [1.165, 1.54) is 6.20 Å². The first-order chi connectivity index (χ1) is 10.6. The van der Waals surface area contributed by atoms with Gasteiger partial charge in [-0.2, -0.15) is 0 Å². The molecule has 0 bridgehead atoms. The van der Waals surface area contributed by atoms with Gasteiger partial charge in [0.2, 0.25) is 5.91 Å². The fraction of sp³-hybridized carbons (Fsp3) is 0.250. The average molecular weight is 320 g/mol. The van der Waals surface area contributed by atoms with Gasteiger partial charge in [-0.1, -0.05) is 23.7 Å². The number of carbonyl (C=O) groups is 1. The predicted octanol–water partition coefficient (Wildman–Crippen LogP) is 3.35. The van der Waals surface area contributed by atoms with Crippen LogP contribution < -0.4 is 11.1 Å². The summed E-state index contributed by atoms with van der Waals surface area (Å²) in [6.45, 7) is 0.176. The van der Waals surface area contributed by atoms with E-state index in [1.54, 1.807) is 24.3 Å². The molecule has 3 N–H and O–H groups in total. The number of nitrogens with one attached hydrogen (secondary N) is 1. The molecule has 0 aliphatic heterocycles. The number of halogens is 2. The third kappa shape index (κ3) is 2.96. The zero-order valence-electron chi connectivity index (χ0n) is 11.8. The molecule has 0 spiro atoms. The van der Waals surface area contributed by atoms with Gasteiger partial charge in [-0.3, -0.25) is 4.79 Å². The summed E-state index contributed by atoms with van der Waals surface area (Å²) in [5.74, 6) is -0.0646. The first kappa shape index (κ1) is 14.9. The molecule has 3 rings (SSSR count). The molecule has 0 atom stereocenters. The van der Waals surface area contributed by atoms with Crippen LogP contribution in [0.1, 0.15) is 18.4 Å². The number of carbonyl (C=O) groups excluding carboxylic acids is 1. The van der Waals surface area contributed by atoms with Gasteiger partial charge >= 0.3 is 0 Å². The minimum atomic E-state index is -0.518. The molecular weight excluding hydrogens is 305 g/mol. The van der Waals surface area contributed by atoms with Crippen LogP contribution in [0.15, 0.2) is 30.5 Å². The van der Waals surface area contributed by atoms with Crippen molar-refractivity contribution in [2.45, 2.75) is 19.4 Å². The van der Waals surface area contributed by atoms with Gasteiger partial charge in [0.25, 0.3) is 0 Å². The highest BCUT2D eigenvalue weighted by molar-refractivity contribution is 6.31. The zero-order chi connectivity index (χ0) is 15.7. The van der Waals surface area contributed by atoms with E-state index < -0.39 is 5.82 Å². The zero-order valence-corrected chi connectivity index (χ0v) is 12.5. The quantitative estimate of drug-likeness (QED) is 0.908. The Kier molecular flexibility index (Phi) is 4.09. The van der Waals surface area contributed by atoms with Crippen LogP contribution in [0.4, 0.5) is 10.2 Å². The van der Waals surface area contributed by atoms with Gasteiger partial charge in [0.05, 0.1) is 5.02 Å². The number of aromatic nitrogens is 1. The molecule has 0 radical (unpaired) electrons. The molecule has 4 nitrogen and oxygen atoms in total. The van der Waals surface area contributed by atoms with Crippen molar-refractivity contribution in [3.8, 4) is 11.1 Å². The lowest BCUT2D eigenvalue weighted by Crippen LogP contribution is -2.14. The standard InChI is InChI=1S/C16H15ClFN3O/c17-14-11(8-19)3-4-12(15(14)18)10-5-6-20-13(7-10)21-16(22)9-1-2-9/h3-7,9H,1-2,8,19H2,(H,20,21,22). The van der Waals surface area contributed by atoms with Gasteiger partial charge in [-0.05, 0) is 36.1 Å².